The Balaban J connectivity index is 2.21. The average molecular weight is 320 g/mol. The minimum Gasteiger partial charge on any atom is -0.462 e. The van der Waals surface area contributed by atoms with Crippen molar-refractivity contribution in [1.29, 1.82) is 0 Å². The van der Waals surface area contributed by atoms with Gasteiger partial charge in [-0.1, -0.05) is 34.8 Å². The molecule has 1 aromatic carbocycles. The number of unbranched alkanes of at least 4 members (excludes halogenated alkanes) is 3. The second-order valence-electron chi connectivity index (χ2n) is 3.75. The average Bonchev–Trinajstić information content (AvgIpc) is 2.33. The molecule has 2 nitrogen and oxygen atoms in total. The van der Waals surface area contributed by atoms with Gasteiger partial charge in [-0.05, 0) is 31.0 Å². The number of carbonyl (C=O) groups is 1. The molecule has 0 saturated carbocycles. The Hall–Kier alpha value is -0.540. The first kappa shape index (κ1) is 14.5. The molecular weight excluding hydrogens is 303 g/mol. The van der Waals surface area contributed by atoms with Crippen LogP contribution in [0.25, 0.3) is 0 Å². The zero-order chi connectivity index (χ0) is 12.5. The molecule has 4 heteroatoms. The minimum atomic E-state index is -0.261. The summed E-state index contributed by atoms with van der Waals surface area (Å²) in [6.45, 7) is 0.480. The molecule has 0 N–H and O–H groups in total. The monoisotopic (exact) mass is 318 g/mol. The fourth-order valence-electron chi connectivity index (χ4n) is 1.41. The Bertz CT molecular complexity index is 355. The molecule has 0 aliphatic heterocycles. The third-order valence-electron chi connectivity index (χ3n) is 2.32. The molecule has 0 spiro atoms. The Labute approximate surface area is 115 Å². The molecule has 0 atom stereocenters. The molecular formula is C13H16BrClO2. The van der Waals surface area contributed by atoms with Crippen molar-refractivity contribution in [2.75, 3.05) is 12.5 Å². The lowest BCUT2D eigenvalue weighted by Gasteiger charge is -2.04. The van der Waals surface area contributed by atoms with Crippen molar-refractivity contribution >= 4 is 33.5 Å². The van der Waals surface area contributed by atoms with Gasteiger partial charge in [0.15, 0.2) is 0 Å². The second kappa shape index (κ2) is 8.54. The molecule has 0 aromatic heterocycles. The molecule has 0 unspecified atom stereocenters. The summed E-state index contributed by atoms with van der Waals surface area (Å²) in [5, 5.41) is 0. The van der Waals surface area contributed by atoms with Gasteiger partial charge in [-0.3, -0.25) is 0 Å². The highest BCUT2D eigenvalue weighted by Gasteiger charge is 2.06. The molecule has 0 saturated heterocycles. The van der Waals surface area contributed by atoms with E-state index < -0.39 is 0 Å². The van der Waals surface area contributed by atoms with E-state index in [-0.39, 0.29) is 5.97 Å². The normalized spacial score (nSPS) is 10.2. The maximum Gasteiger partial charge on any atom is 0.338 e. The van der Waals surface area contributed by atoms with Crippen LogP contribution in [0.2, 0.25) is 0 Å². The van der Waals surface area contributed by atoms with Crippen LogP contribution in [-0.2, 0) is 4.74 Å². The first-order valence-electron chi connectivity index (χ1n) is 5.72. The van der Waals surface area contributed by atoms with Gasteiger partial charge in [-0.15, -0.1) is 11.6 Å². The molecule has 0 bridgehead atoms. The fraction of sp³-hybridized carbons (Fsp3) is 0.462. The molecule has 17 heavy (non-hydrogen) atoms. The van der Waals surface area contributed by atoms with Crippen molar-refractivity contribution in [2.24, 2.45) is 0 Å². The van der Waals surface area contributed by atoms with Gasteiger partial charge in [0, 0.05) is 10.4 Å². The van der Waals surface area contributed by atoms with E-state index in [1.807, 2.05) is 12.1 Å². The van der Waals surface area contributed by atoms with Crippen LogP contribution in [0.4, 0.5) is 0 Å². The molecule has 94 valence electrons. The number of benzene rings is 1. The Morgan fingerprint density at radius 2 is 2.00 bits per heavy atom. The summed E-state index contributed by atoms with van der Waals surface area (Å²) in [4.78, 5) is 11.6. The summed E-state index contributed by atoms with van der Waals surface area (Å²) in [5.41, 5.74) is 0.583. The lowest BCUT2D eigenvalue weighted by Crippen LogP contribution is -2.06. The zero-order valence-electron chi connectivity index (χ0n) is 9.62. The molecule has 1 rings (SSSR count). The SMILES string of the molecule is O=C(OCCCCCCCl)c1cccc(Br)c1. The van der Waals surface area contributed by atoms with Gasteiger partial charge in [0.25, 0.3) is 0 Å². The minimum absolute atomic E-state index is 0.261. The lowest BCUT2D eigenvalue weighted by molar-refractivity contribution is 0.0497. The Kier molecular flexibility index (Phi) is 7.29. The van der Waals surface area contributed by atoms with Gasteiger partial charge in [0.1, 0.15) is 0 Å². The van der Waals surface area contributed by atoms with Crippen molar-refractivity contribution in [3.05, 3.63) is 34.3 Å². The van der Waals surface area contributed by atoms with Gasteiger partial charge in [-0.2, -0.15) is 0 Å². The van der Waals surface area contributed by atoms with Gasteiger partial charge >= 0.3 is 5.97 Å². The van der Waals surface area contributed by atoms with Crippen molar-refractivity contribution in [2.45, 2.75) is 25.7 Å². The number of hydrogen-bond donors (Lipinski definition) is 0. The van der Waals surface area contributed by atoms with Crippen molar-refractivity contribution in [3.8, 4) is 0 Å². The summed E-state index contributed by atoms with van der Waals surface area (Å²) in [5.74, 6) is 0.446. The maximum absolute atomic E-state index is 11.6. The van der Waals surface area contributed by atoms with Gasteiger partial charge < -0.3 is 4.74 Å². The van der Waals surface area contributed by atoms with Crippen LogP contribution in [-0.4, -0.2) is 18.5 Å². The van der Waals surface area contributed by atoms with E-state index in [1.54, 1.807) is 12.1 Å². The molecule has 0 heterocycles. The van der Waals surface area contributed by atoms with E-state index in [4.69, 9.17) is 16.3 Å². The highest BCUT2D eigenvalue weighted by Crippen LogP contribution is 2.12. The number of carbonyl (C=O) groups excluding carboxylic acids is 1. The van der Waals surface area contributed by atoms with Crippen LogP contribution in [0.5, 0.6) is 0 Å². The number of ether oxygens (including phenoxy) is 1. The summed E-state index contributed by atoms with van der Waals surface area (Å²) in [6, 6.07) is 7.21. The smallest absolute Gasteiger partial charge is 0.338 e. The third kappa shape index (κ3) is 6.08. The van der Waals surface area contributed by atoms with E-state index in [2.05, 4.69) is 15.9 Å². The molecule has 0 amide bonds. The molecule has 0 fully saturated rings. The summed E-state index contributed by atoms with van der Waals surface area (Å²) < 4.78 is 6.05. The summed E-state index contributed by atoms with van der Waals surface area (Å²) in [7, 11) is 0. The van der Waals surface area contributed by atoms with Crippen molar-refractivity contribution in [1.82, 2.24) is 0 Å². The van der Waals surface area contributed by atoms with Crippen LogP contribution in [0.15, 0.2) is 28.7 Å². The van der Waals surface area contributed by atoms with Crippen LogP contribution < -0.4 is 0 Å². The second-order valence-corrected chi connectivity index (χ2v) is 5.04. The zero-order valence-corrected chi connectivity index (χ0v) is 12.0. The molecule has 0 aliphatic carbocycles. The number of alkyl halides is 1. The van der Waals surface area contributed by atoms with Gasteiger partial charge in [-0.25, -0.2) is 4.79 Å². The Morgan fingerprint density at radius 1 is 1.24 bits per heavy atom. The number of esters is 1. The van der Waals surface area contributed by atoms with E-state index >= 15 is 0 Å². The van der Waals surface area contributed by atoms with Crippen LogP contribution >= 0.6 is 27.5 Å². The van der Waals surface area contributed by atoms with Crippen LogP contribution in [0, 0.1) is 0 Å². The van der Waals surface area contributed by atoms with Crippen LogP contribution in [0.1, 0.15) is 36.0 Å². The highest BCUT2D eigenvalue weighted by molar-refractivity contribution is 9.10. The van der Waals surface area contributed by atoms with Crippen molar-refractivity contribution in [3.63, 3.8) is 0 Å². The first-order valence-corrected chi connectivity index (χ1v) is 7.05. The number of halogens is 2. The van der Waals surface area contributed by atoms with E-state index in [0.717, 1.165) is 30.2 Å². The summed E-state index contributed by atoms with van der Waals surface area (Å²) >= 11 is 8.89. The maximum atomic E-state index is 11.6. The predicted molar refractivity (Wildman–Crippen MR) is 73.6 cm³/mol. The topological polar surface area (TPSA) is 26.3 Å². The van der Waals surface area contributed by atoms with E-state index in [9.17, 15) is 4.79 Å². The molecule has 0 radical (unpaired) electrons. The van der Waals surface area contributed by atoms with E-state index in [1.165, 1.54) is 0 Å². The number of rotatable bonds is 7. The van der Waals surface area contributed by atoms with Crippen LogP contribution in [0.3, 0.4) is 0 Å². The molecule has 1 aromatic rings. The third-order valence-corrected chi connectivity index (χ3v) is 3.08. The standard InChI is InChI=1S/C13H16BrClO2/c14-12-7-5-6-11(10-12)13(16)17-9-4-2-1-3-8-15/h5-7,10H,1-4,8-9H2. The summed E-state index contributed by atoms with van der Waals surface area (Å²) in [6.07, 6.45) is 4.08. The predicted octanol–water partition coefficient (Wildman–Crippen LogP) is 4.41. The largest absolute Gasteiger partial charge is 0.462 e. The quantitative estimate of drug-likeness (QED) is 0.423. The van der Waals surface area contributed by atoms with E-state index in [0.29, 0.717) is 18.1 Å². The first-order chi connectivity index (χ1) is 8.24. The van der Waals surface area contributed by atoms with Gasteiger partial charge in [0.2, 0.25) is 0 Å². The lowest BCUT2D eigenvalue weighted by atomic mass is 10.2. The Morgan fingerprint density at radius 3 is 2.71 bits per heavy atom. The fourth-order valence-corrected chi connectivity index (χ4v) is 2.00. The number of hydrogen-bond acceptors (Lipinski definition) is 2. The van der Waals surface area contributed by atoms with Gasteiger partial charge in [0.05, 0.1) is 12.2 Å². The highest BCUT2D eigenvalue weighted by atomic mass is 79.9. The van der Waals surface area contributed by atoms with Crippen molar-refractivity contribution < 1.29 is 9.53 Å². The molecule has 0 aliphatic rings.